The Bertz CT molecular complexity index is 1610. The number of amidine groups is 1. The molecule has 0 amide bonds. The van der Waals surface area contributed by atoms with Gasteiger partial charge < -0.3 is 16.5 Å². The Balaban J connectivity index is 1.83. The molecule has 5 rings (SSSR count). The molecule has 3 heterocycles. The maximum Gasteiger partial charge on any atom is 0.244 e. The molecular weight excluding hydrogens is 494 g/mol. The molecular formula is C20H23N9O4S2. The highest BCUT2D eigenvalue weighted by atomic mass is 32.2. The van der Waals surface area contributed by atoms with E-state index in [1.165, 1.54) is 16.4 Å². The highest BCUT2D eigenvalue weighted by Crippen LogP contribution is 2.39. The lowest BCUT2D eigenvalue weighted by Gasteiger charge is -2.21. The van der Waals surface area contributed by atoms with Gasteiger partial charge in [0.1, 0.15) is 9.79 Å². The number of nitrogen functional groups attached to an aromatic ring is 1. The van der Waals surface area contributed by atoms with E-state index in [4.69, 9.17) is 16.6 Å². The molecule has 0 saturated carbocycles. The van der Waals surface area contributed by atoms with Crippen LogP contribution < -0.4 is 16.6 Å². The fourth-order valence-electron chi connectivity index (χ4n) is 4.47. The van der Waals surface area contributed by atoms with Crippen molar-refractivity contribution < 1.29 is 16.8 Å². The predicted octanol–water partition coefficient (Wildman–Crippen LogP) is 0.599. The van der Waals surface area contributed by atoms with Crippen LogP contribution in [0.2, 0.25) is 0 Å². The van der Waals surface area contributed by atoms with Crippen molar-refractivity contribution in [3.63, 3.8) is 0 Å². The van der Waals surface area contributed by atoms with Gasteiger partial charge >= 0.3 is 0 Å². The van der Waals surface area contributed by atoms with Gasteiger partial charge in [-0.15, -0.1) is 5.11 Å². The van der Waals surface area contributed by atoms with Crippen molar-refractivity contribution in [3.05, 3.63) is 35.9 Å². The van der Waals surface area contributed by atoms with Crippen LogP contribution in [0, 0.1) is 5.92 Å². The molecule has 1 atom stereocenters. The first-order chi connectivity index (χ1) is 16.6. The summed E-state index contributed by atoms with van der Waals surface area (Å²) in [6.45, 7) is 0.705. The topological polar surface area (TPSA) is 215 Å². The number of fused-ring (bicyclic) bond motifs is 1. The minimum atomic E-state index is -4.58. The molecule has 1 fully saturated rings. The molecule has 0 radical (unpaired) electrons. The van der Waals surface area contributed by atoms with Crippen LogP contribution >= 0.6 is 0 Å². The number of nitrogens with zero attached hydrogens (tertiary/aromatic N) is 5. The first-order valence-electron chi connectivity index (χ1n) is 10.7. The standard InChI is InChI=1S/C20H23N9O4S2/c21-8-11-6-7-29(9-11)35(32,33)15-5-4-12(13-2-1-3-14-17(13)27-20(22)26-14)16(18(15)34(23,30)31)19-24-10-25-28-19/h1-5,11H,6-10,21H2,(H3,22,26,27)(H2,23,30,31)/t11-/m1/s1. The molecule has 15 heteroatoms. The third-order valence-electron chi connectivity index (χ3n) is 6.10. The summed E-state index contributed by atoms with van der Waals surface area (Å²) in [7, 11) is -8.81. The smallest absolute Gasteiger partial charge is 0.244 e. The van der Waals surface area contributed by atoms with Gasteiger partial charge in [-0.25, -0.2) is 32.0 Å². The number of aliphatic imine (C=N–C) groups is 1. The van der Waals surface area contributed by atoms with E-state index >= 15 is 0 Å². The molecule has 3 aromatic rings. The maximum absolute atomic E-state index is 13.6. The van der Waals surface area contributed by atoms with Crippen LogP contribution in [0.25, 0.3) is 22.2 Å². The van der Waals surface area contributed by atoms with Crippen molar-refractivity contribution in [3.8, 4) is 11.1 Å². The van der Waals surface area contributed by atoms with Gasteiger partial charge in [-0.2, -0.15) is 9.42 Å². The summed E-state index contributed by atoms with van der Waals surface area (Å²) in [6.07, 6.45) is 0.578. The zero-order valence-electron chi connectivity index (χ0n) is 18.4. The molecule has 2 aliphatic rings. The number of hydrogen-bond donors (Lipinski definition) is 4. The number of nitrogens with one attached hydrogen (secondary N) is 1. The van der Waals surface area contributed by atoms with Crippen LogP contribution in [0.15, 0.2) is 55.3 Å². The Morgan fingerprint density at radius 3 is 2.57 bits per heavy atom. The van der Waals surface area contributed by atoms with Gasteiger partial charge in [0.05, 0.1) is 16.6 Å². The van der Waals surface area contributed by atoms with Crippen LogP contribution in [0.3, 0.4) is 0 Å². The lowest BCUT2D eigenvalue weighted by atomic mass is 9.97. The summed E-state index contributed by atoms with van der Waals surface area (Å²) in [5.41, 5.74) is 13.4. The van der Waals surface area contributed by atoms with Crippen LogP contribution in [0.4, 0.5) is 5.95 Å². The van der Waals surface area contributed by atoms with Crippen LogP contribution in [0.5, 0.6) is 0 Å². The molecule has 184 valence electrons. The molecule has 0 spiro atoms. The van der Waals surface area contributed by atoms with Crippen molar-refractivity contribution >= 4 is 42.9 Å². The van der Waals surface area contributed by atoms with E-state index in [1.54, 1.807) is 18.2 Å². The fourth-order valence-corrected chi connectivity index (χ4v) is 7.57. The average Bonchev–Trinajstić information content (AvgIpc) is 3.57. The number of nitrogens with two attached hydrogens (primary N) is 3. The summed E-state index contributed by atoms with van der Waals surface area (Å²) in [5, 5.41) is 13.4. The second kappa shape index (κ2) is 8.46. The third-order valence-corrected chi connectivity index (χ3v) is 9.13. The number of anilines is 1. The predicted molar refractivity (Wildman–Crippen MR) is 129 cm³/mol. The van der Waals surface area contributed by atoms with Gasteiger partial charge in [0.25, 0.3) is 0 Å². The quantitative estimate of drug-likeness (QED) is 0.364. The molecule has 35 heavy (non-hydrogen) atoms. The number of benzene rings is 2. The number of aromatic amines is 1. The van der Waals surface area contributed by atoms with Crippen LogP contribution in [0.1, 0.15) is 12.0 Å². The van der Waals surface area contributed by atoms with Gasteiger partial charge in [0, 0.05) is 18.7 Å². The number of rotatable bonds is 6. The zero-order chi connectivity index (χ0) is 25.0. The lowest BCUT2D eigenvalue weighted by molar-refractivity contribution is 0.457. The van der Waals surface area contributed by atoms with Crippen molar-refractivity contribution in [1.29, 1.82) is 0 Å². The summed E-state index contributed by atoms with van der Waals surface area (Å²) < 4.78 is 54.4. The first-order valence-corrected chi connectivity index (χ1v) is 13.7. The summed E-state index contributed by atoms with van der Waals surface area (Å²) >= 11 is 0. The molecule has 2 aromatic carbocycles. The van der Waals surface area contributed by atoms with Gasteiger partial charge in [-0.05, 0) is 36.6 Å². The largest absolute Gasteiger partial charge is 0.369 e. The number of azo groups is 1. The highest BCUT2D eigenvalue weighted by Gasteiger charge is 2.38. The van der Waals surface area contributed by atoms with Gasteiger partial charge in [-0.3, -0.25) is 0 Å². The highest BCUT2D eigenvalue weighted by molar-refractivity contribution is 7.92. The SMILES string of the molecule is NC[C@H]1CCN(S(=O)(=O)c2ccc(-c3cccc4[nH]c(N)nc34)c(C3=NCN=N3)c2S(N)(=O)=O)C1. The number of primary sulfonamides is 1. The molecule has 0 unspecified atom stereocenters. The fraction of sp³-hybridized carbons (Fsp3) is 0.300. The molecule has 2 aliphatic heterocycles. The monoisotopic (exact) mass is 517 g/mol. The van der Waals surface area contributed by atoms with Crippen LogP contribution in [-0.2, 0) is 20.0 Å². The number of hydrogen-bond acceptors (Lipinski definition) is 10. The van der Waals surface area contributed by atoms with E-state index in [0.717, 1.165) is 0 Å². The van der Waals surface area contributed by atoms with Gasteiger partial charge in [0.15, 0.2) is 18.5 Å². The number of imidazole rings is 1. The number of aromatic nitrogens is 2. The van der Waals surface area contributed by atoms with Gasteiger partial charge in [-0.1, -0.05) is 18.2 Å². The second-order valence-corrected chi connectivity index (χ2v) is 11.7. The summed E-state index contributed by atoms with van der Waals surface area (Å²) in [4.78, 5) is 10.4. The van der Waals surface area contributed by atoms with Crippen molar-refractivity contribution in [1.82, 2.24) is 14.3 Å². The number of sulfonamides is 2. The Morgan fingerprint density at radius 1 is 1.11 bits per heavy atom. The molecule has 13 nitrogen and oxygen atoms in total. The van der Waals surface area contributed by atoms with Crippen molar-refractivity contribution in [2.24, 2.45) is 32.0 Å². The van der Waals surface area contributed by atoms with E-state index < -0.39 is 29.8 Å². The van der Waals surface area contributed by atoms with Crippen LogP contribution in [-0.4, -0.2) is 63.2 Å². The molecule has 7 N–H and O–H groups in total. The van der Waals surface area contributed by atoms with E-state index in [2.05, 4.69) is 25.2 Å². The third kappa shape index (κ3) is 4.00. The maximum atomic E-state index is 13.6. The second-order valence-electron chi connectivity index (χ2n) is 8.30. The van der Waals surface area contributed by atoms with Crippen molar-refractivity contribution in [2.75, 3.05) is 32.0 Å². The normalized spacial score (nSPS) is 19.0. The molecule has 1 aromatic heterocycles. The first kappa shape index (κ1) is 23.5. The van der Waals surface area contributed by atoms with Crippen molar-refractivity contribution in [2.45, 2.75) is 16.2 Å². The van der Waals surface area contributed by atoms with E-state index in [9.17, 15) is 16.8 Å². The number of para-hydroxylation sites is 1. The van der Waals surface area contributed by atoms with E-state index in [-0.39, 0.29) is 43.0 Å². The number of H-pyrrole nitrogens is 1. The lowest BCUT2D eigenvalue weighted by Crippen LogP contribution is -2.32. The molecule has 0 bridgehead atoms. The van der Waals surface area contributed by atoms with E-state index in [0.29, 0.717) is 35.1 Å². The summed E-state index contributed by atoms with van der Waals surface area (Å²) in [5.74, 6) is 0.112. The minimum Gasteiger partial charge on any atom is -0.369 e. The Labute approximate surface area is 201 Å². The molecule has 1 saturated heterocycles. The Hall–Kier alpha value is -3.24. The average molecular weight is 518 g/mol. The molecule has 0 aliphatic carbocycles. The Morgan fingerprint density at radius 2 is 1.91 bits per heavy atom. The minimum absolute atomic E-state index is 0.0165. The Kier molecular flexibility index (Phi) is 5.68. The van der Waals surface area contributed by atoms with Gasteiger partial charge in [0.2, 0.25) is 20.0 Å². The zero-order valence-corrected chi connectivity index (χ0v) is 20.1. The summed E-state index contributed by atoms with van der Waals surface area (Å²) in [6, 6.07) is 7.95. The van der Waals surface area contributed by atoms with E-state index in [1.807, 2.05) is 0 Å².